The zero-order valence-electron chi connectivity index (χ0n) is 18.3. The van der Waals surface area contributed by atoms with Gasteiger partial charge >= 0.3 is 6.18 Å². The van der Waals surface area contributed by atoms with Gasteiger partial charge in [0.15, 0.2) is 17.0 Å². The van der Waals surface area contributed by atoms with E-state index in [1.807, 2.05) is 37.3 Å². The number of benzene rings is 2. The van der Waals surface area contributed by atoms with Crippen molar-refractivity contribution in [1.82, 2.24) is 29.7 Å². The zero-order chi connectivity index (χ0) is 24.7. The SMILES string of the molecule is CCn1ncc(Cl)c1CNC(=O)c1cc2nc(-c3ccc4ccccc4c3)cc(C(F)(F)F)n2n1. The fourth-order valence-electron chi connectivity index (χ4n) is 3.87. The molecule has 1 amide bonds. The van der Waals surface area contributed by atoms with E-state index in [0.717, 1.165) is 16.8 Å². The number of carbonyl (C=O) groups excluding carboxylic acids is 1. The minimum absolute atomic E-state index is 0.0429. The van der Waals surface area contributed by atoms with Gasteiger partial charge in [-0.3, -0.25) is 9.48 Å². The van der Waals surface area contributed by atoms with Crippen LogP contribution in [0.1, 0.15) is 28.8 Å². The van der Waals surface area contributed by atoms with Crippen LogP contribution in [0, 0.1) is 0 Å². The van der Waals surface area contributed by atoms with Crippen LogP contribution in [0.4, 0.5) is 13.2 Å². The molecule has 178 valence electrons. The average Bonchev–Trinajstić information content (AvgIpc) is 3.43. The molecule has 0 radical (unpaired) electrons. The number of rotatable bonds is 5. The maximum atomic E-state index is 13.9. The molecule has 3 aromatic heterocycles. The summed E-state index contributed by atoms with van der Waals surface area (Å²) in [4.78, 5) is 17.1. The minimum atomic E-state index is -4.71. The zero-order valence-corrected chi connectivity index (χ0v) is 19.1. The van der Waals surface area contributed by atoms with Gasteiger partial charge in [0.05, 0.1) is 29.2 Å². The number of nitrogens with zero attached hydrogens (tertiary/aromatic N) is 5. The summed E-state index contributed by atoms with van der Waals surface area (Å²) in [6, 6.07) is 15.0. The van der Waals surface area contributed by atoms with E-state index in [4.69, 9.17) is 11.6 Å². The Kier molecular flexibility index (Phi) is 5.68. The van der Waals surface area contributed by atoms with E-state index >= 15 is 0 Å². The van der Waals surface area contributed by atoms with E-state index in [2.05, 4.69) is 20.5 Å². The van der Waals surface area contributed by atoms with Crippen LogP contribution in [0.2, 0.25) is 5.02 Å². The van der Waals surface area contributed by atoms with Crippen molar-refractivity contribution in [3.05, 3.63) is 82.9 Å². The van der Waals surface area contributed by atoms with Gasteiger partial charge in [0, 0.05) is 18.2 Å². The number of aromatic nitrogens is 5. The second kappa shape index (κ2) is 8.70. The van der Waals surface area contributed by atoms with Crippen LogP contribution in [0.3, 0.4) is 0 Å². The van der Waals surface area contributed by atoms with E-state index in [1.165, 1.54) is 12.3 Å². The molecule has 0 bridgehead atoms. The lowest BCUT2D eigenvalue weighted by molar-refractivity contribution is -0.142. The van der Waals surface area contributed by atoms with Gasteiger partial charge < -0.3 is 5.32 Å². The van der Waals surface area contributed by atoms with Gasteiger partial charge in [-0.15, -0.1) is 0 Å². The van der Waals surface area contributed by atoms with Gasteiger partial charge in [-0.05, 0) is 29.8 Å². The van der Waals surface area contributed by atoms with Crippen molar-refractivity contribution in [3.8, 4) is 11.3 Å². The van der Waals surface area contributed by atoms with E-state index in [-0.39, 0.29) is 23.6 Å². The third-order valence-corrected chi connectivity index (χ3v) is 5.92. The van der Waals surface area contributed by atoms with E-state index in [9.17, 15) is 18.0 Å². The Morgan fingerprint density at radius 1 is 1.09 bits per heavy atom. The molecule has 1 N–H and O–H groups in total. The number of nitrogens with one attached hydrogen (secondary N) is 1. The van der Waals surface area contributed by atoms with Gasteiger partial charge in [0.2, 0.25) is 0 Å². The summed E-state index contributed by atoms with van der Waals surface area (Å²) in [6.45, 7) is 2.46. The van der Waals surface area contributed by atoms with Gasteiger partial charge in [-0.2, -0.15) is 23.4 Å². The van der Waals surface area contributed by atoms with Crippen LogP contribution in [0.5, 0.6) is 0 Å². The molecule has 0 aliphatic heterocycles. The van der Waals surface area contributed by atoms with E-state index in [1.54, 1.807) is 16.8 Å². The standard InChI is InChI=1S/C24H18ClF3N6O/c1-2-33-20(17(25)12-30-33)13-29-23(35)19-11-22-31-18(10-21(24(26,27)28)34(22)32-19)16-8-7-14-5-3-4-6-15(14)9-16/h3-12H,2,13H2,1H3,(H,29,35). The number of halogens is 4. The Morgan fingerprint density at radius 2 is 1.86 bits per heavy atom. The van der Waals surface area contributed by atoms with Crippen molar-refractivity contribution in [1.29, 1.82) is 0 Å². The predicted octanol–water partition coefficient (Wildman–Crippen LogP) is 5.37. The molecule has 0 saturated carbocycles. The first kappa shape index (κ1) is 22.9. The number of amides is 1. The highest BCUT2D eigenvalue weighted by Crippen LogP contribution is 2.33. The second-order valence-electron chi connectivity index (χ2n) is 7.82. The molecule has 5 rings (SSSR count). The first-order valence-corrected chi connectivity index (χ1v) is 11.1. The Balaban J connectivity index is 1.52. The normalized spacial score (nSPS) is 11.9. The Hall–Kier alpha value is -3.92. The van der Waals surface area contributed by atoms with Gasteiger partial charge in [-0.25, -0.2) is 9.50 Å². The molecule has 7 nitrogen and oxygen atoms in total. The molecule has 35 heavy (non-hydrogen) atoms. The smallest absolute Gasteiger partial charge is 0.345 e. The third-order valence-electron chi connectivity index (χ3n) is 5.61. The van der Waals surface area contributed by atoms with Crippen molar-refractivity contribution in [2.45, 2.75) is 26.2 Å². The molecule has 0 unspecified atom stereocenters. The molecule has 0 aliphatic carbocycles. The fourth-order valence-corrected chi connectivity index (χ4v) is 4.08. The molecule has 11 heteroatoms. The lowest BCUT2D eigenvalue weighted by Gasteiger charge is -2.11. The molecule has 3 heterocycles. The summed E-state index contributed by atoms with van der Waals surface area (Å²) < 4.78 is 44.0. The monoisotopic (exact) mass is 498 g/mol. The number of fused-ring (bicyclic) bond motifs is 2. The lowest BCUT2D eigenvalue weighted by Crippen LogP contribution is -2.25. The predicted molar refractivity (Wildman–Crippen MR) is 125 cm³/mol. The Morgan fingerprint density at radius 3 is 2.60 bits per heavy atom. The van der Waals surface area contributed by atoms with Crippen molar-refractivity contribution in [2.24, 2.45) is 0 Å². The molecule has 0 fully saturated rings. The van der Waals surface area contributed by atoms with Gasteiger partial charge in [-0.1, -0.05) is 48.0 Å². The summed E-state index contributed by atoms with van der Waals surface area (Å²) in [5.41, 5.74) is -0.0923. The highest BCUT2D eigenvalue weighted by atomic mass is 35.5. The number of hydrogen-bond acceptors (Lipinski definition) is 4. The quantitative estimate of drug-likeness (QED) is 0.353. The van der Waals surface area contributed by atoms with Crippen LogP contribution in [-0.2, 0) is 19.3 Å². The number of carbonyl (C=O) groups is 1. The summed E-state index contributed by atoms with van der Waals surface area (Å²) in [5.74, 6) is -0.657. The Bertz CT molecular complexity index is 1570. The van der Waals surface area contributed by atoms with Gasteiger partial charge in [0.1, 0.15) is 0 Å². The third kappa shape index (κ3) is 4.32. The summed E-state index contributed by atoms with van der Waals surface area (Å²) in [7, 11) is 0. The fraction of sp³-hybridized carbons (Fsp3) is 0.167. The summed E-state index contributed by atoms with van der Waals surface area (Å²) in [5, 5.41) is 12.8. The topological polar surface area (TPSA) is 77.1 Å². The first-order chi connectivity index (χ1) is 16.7. The van der Waals surface area contributed by atoms with Crippen LogP contribution in [0.25, 0.3) is 27.7 Å². The van der Waals surface area contributed by atoms with Crippen molar-refractivity contribution >= 4 is 33.9 Å². The van der Waals surface area contributed by atoms with Crippen LogP contribution in [0.15, 0.2) is 60.8 Å². The number of alkyl halides is 3. The maximum absolute atomic E-state index is 13.9. The summed E-state index contributed by atoms with van der Waals surface area (Å²) in [6.07, 6.45) is -3.25. The van der Waals surface area contributed by atoms with E-state index in [0.29, 0.717) is 27.3 Å². The molecule has 0 atom stereocenters. The number of hydrogen-bond donors (Lipinski definition) is 1. The minimum Gasteiger partial charge on any atom is -0.345 e. The summed E-state index contributed by atoms with van der Waals surface area (Å²) >= 11 is 6.11. The van der Waals surface area contributed by atoms with Crippen LogP contribution >= 0.6 is 11.6 Å². The molecular weight excluding hydrogens is 481 g/mol. The molecule has 0 spiro atoms. The van der Waals surface area contributed by atoms with E-state index < -0.39 is 17.8 Å². The molecule has 0 saturated heterocycles. The van der Waals surface area contributed by atoms with Crippen molar-refractivity contribution < 1.29 is 18.0 Å². The Labute approximate surface area is 202 Å². The van der Waals surface area contributed by atoms with Crippen LogP contribution < -0.4 is 5.32 Å². The van der Waals surface area contributed by atoms with Crippen LogP contribution in [-0.4, -0.2) is 30.3 Å². The second-order valence-corrected chi connectivity index (χ2v) is 8.23. The van der Waals surface area contributed by atoms with Crippen molar-refractivity contribution in [3.63, 3.8) is 0 Å². The number of aryl methyl sites for hydroxylation is 1. The highest BCUT2D eigenvalue weighted by Gasteiger charge is 2.35. The average molecular weight is 499 g/mol. The molecule has 0 aliphatic rings. The molecule has 5 aromatic rings. The largest absolute Gasteiger partial charge is 0.433 e. The molecule has 2 aromatic carbocycles. The van der Waals surface area contributed by atoms with Crippen molar-refractivity contribution in [2.75, 3.05) is 0 Å². The lowest BCUT2D eigenvalue weighted by atomic mass is 10.0. The maximum Gasteiger partial charge on any atom is 0.433 e. The van der Waals surface area contributed by atoms with Gasteiger partial charge in [0.25, 0.3) is 5.91 Å². The highest BCUT2D eigenvalue weighted by molar-refractivity contribution is 6.31. The first-order valence-electron chi connectivity index (χ1n) is 10.7. The molecular formula is C24H18ClF3N6O.